The van der Waals surface area contributed by atoms with E-state index in [1.54, 1.807) is 18.2 Å². The lowest BCUT2D eigenvalue weighted by atomic mass is 10.2. The Balaban J connectivity index is 2.35. The van der Waals surface area contributed by atoms with Gasteiger partial charge in [0, 0.05) is 18.0 Å². The van der Waals surface area contributed by atoms with Crippen molar-refractivity contribution in [2.45, 2.75) is 0 Å². The fourth-order valence-corrected chi connectivity index (χ4v) is 1.98. The summed E-state index contributed by atoms with van der Waals surface area (Å²) in [7, 11) is 1.51. The number of benzene rings is 1. The first kappa shape index (κ1) is 14.3. The van der Waals surface area contributed by atoms with Crippen molar-refractivity contribution in [1.29, 1.82) is 0 Å². The van der Waals surface area contributed by atoms with Crippen molar-refractivity contribution in [3.63, 3.8) is 0 Å². The zero-order valence-corrected chi connectivity index (χ0v) is 11.9. The molecule has 0 aliphatic rings. The predicted molar refractivity (Wildman–Crippen MR) is 75.1 cm³/mol. The smallest absolute Gasteiger partial charge is 0.338 e. The minimum atomic E-state index is -1.35. The molecule has 0 fully saturated rings. The molecule has 104 valence electrons. The van der Waals surface area contributed by atoms with E-state index in [1.165, 1.54) is 13.3 Å². The van der Waals surface area contributed by atoms with Crippen LogP contribution >= 0.6 is 15.9 Å². The molecule has 0 aliphatic heterocycles. The molecule has 0 aliphatic carbocycles. The van der Waals surface area contributed by atoms with Crippen molar-refractivity contribution in [2.24, 2.45) is 0 Å². The van der Waals surface area contributed by atoms with Crippen LogP contribution in [0, 0.1) is 5.82 Å². The molecule has 1 heterocycles. The van der Waals surface area contributed by atoms with Gasteiger partial charge >= 0.3 is 5.97 Å². The number of hydrogen-bond donors (Lipinski definition) is 2. The van der Waals surface area contributed by atoms with E-state index in [9.17, 15) is 9.18 Å². The highest BCUT2D eigenvalue weighted by atomic mass is 79.9. The van der Waals surface area contributed by atoms with Crippen molar-refractivity contribution < 1.29 is 19.0 Å². The molecule has 2 rings (SSSR count). The summed E-state index contributed by atoms with van der Waals surface area (Å²) in [6, 6.07) is 6.14. The number of methoxy groups -OCH3 is 1. The lowest BCUT2D eigenvalue weighted by Crippen LogP contribution is -2.05. The van der Waals surface area contributed by atoms with Gasteiger partial charge in [0.05, 0.1) is 11.6 Å². The maximum atomic E-state index is 13.9. The molecule has 0 unspecified atom stereocenters. The number of aromatic carboxylic acids is 1. The van der Waals surface area contributed by atoms with Gasteiger partial charge in [0.2, 0.25) is 0 Å². The lowest BCUT2D eigenvalue weighted by molar-refractivity contribution is 0.0692. The van der Waals surface area contributed by atoms with Gasteiger partial charge in [-0.15, -0.1) is 0 Å². The fourth-order valence-electron chi connectivity index (χ4n) is 1.57. The van der Waals surface area contributed by atoms with Gasteiger partial charge in [0.25, 0.3) is 0 Å². The summed E-state index contributed by atoms with van der Waals surface area (Å²) < 4.78 is 19.8. The van der Waals surface area contributed by atoms with E-state index >= 15 is 0 Å². The largest absolute Gasteiger partial charge is 0.495 e. The van der Waals surface area contributed by atoms with Gasteiger partial charge in [0.15, 0.2) is 11.6 Å². The van der Waals surface area contributed by atoms with Crippen LogP contribution in [0.15, 0.2) is 34.9 Å². The van der Waals surface area contributed by atoms with Crippen molar-refractivity contribution in [3.05, 3.63) is 46.3 Å². The van der Waals surface area contributed by atoms with Gasteiger partial charge in [-0.2, -0.15) is 0 Å². The molecule has 0 atom stereocenters. The topological polar surface area (TPSA) is 71.5 Å². The van der Waals surface area contributed by atoms with Gasteiger partial charge in [-0.1, -0.05) is 0 Å². The Kier molecular flexibility index (Phi) is 4.19. The zero-order chi connectivity index (χ0) is 14.7. The normalized spacial score (nSPS) is 10.2. The molecule has 0 amide bonds. The monoisotopic (exact) mass is 340 g/mol. The van der Waals surface area contributed by atoms with E-state index in [0.29, 0.717) is 11.4 Å². The third kappa shape index (κ3) is 2.88. The summed E-state index contributed by atoms with van der Waals surface area (Å²) in [5.74, 6) is -1.86. The number of ether oxygens (including phenoxy) is 1. The number of hydrogen-bond acceptors (Lipinski definition) is 4. The maximum Gasteiger partial charge on any atom is 0.338 e. The van der Waals surface area contributed by atoms with Crippen molar-refractivity contribution in [2.75, 3.05) is 12.4 Å². The first-order valence-corrected chi connectivity index (χ1v) is 6.30. The van der Waals surface area contributed by atoms with E-state index in [2.05, 4.69) is 26.2 Å². The summed E-state index contributed by atoms with van der Waals surface area (Å²) in [6.07, 6.45) is 1.23. The third-order valence-corrected chi connectivity index (χ3v) is 3.19. The summed E-state index contributed by atoms with van der Waals surface area (Å²) in [4.78, 5) is 14.6. The van der Waals surface area contributed by atoms with Crippen LogP contribution in [-0.4, -0.2) is 23.2 Å². The van der Waals surface area contributed by atoms with E-state index in [0.717, 1.165) is 10.5 Å². The lowest BCUT2D eigenvalue weighted by Gasteiger charge is -2.10. The fraction of sp³-hybridized carbons (Fsp3) is 0.0769. The minimum absolute atomic E-state index is 0.158. The Labute approximate surface area is 122 Å². The van der Waals surface area contributed by atoms with E-state index in [4.69, 9.17) is 9.84 Å². The Hall–Kier alpha value is -2.15. The summed E-state index contributed by atoms with van der Waals surface area (Å²) in [6.45, 7) is 0. The van der Waals surface area contributed by atoms with Crippen LogP contribution < -0.4 is 10.1 Å². The number of nitrogens with one attached hydrogen (secondary N) is 1. The van der Waals surface area contributed by atoms with Crippen LogP contribution in [0.1, 0.15) is 10.4 Å². The molecule has 5 nitrogen and oxygen atoms in total. The molecule has 0 radical (unpaired) electrons. The molecule has 7 heteroatoms. The SMILES string of the molecule is COc1cc(Nc2nccc(C(=O)O)c2F)ccc1Br. The second-order valence-electron chi connectivity index (χ2n) is 3.80. The van der Waals surface area contributed by atoms with Crippen LogP contribution in [0.2, 0.25) is 0 Å². The Morgan fingerprint density at radius 3 is 2.85 bits per heavy atom. The minimum Gasteiger partial charge on any atom is -0.495 e. The second-order valence-corrected chi connectivity index (χ2v) is 4.65. The van der Waals surface area contributed by atoms with Crippen LogP contribution in [0.4, 0.5) is 15.9 Å². The number of halogens is 2. The van der Waals surface area contributed by atoms with E-state index in [-0.39, 0.29) is 5.82 Å². The number of aromatic nitrogens is 1. The molecule has 2 aromatic rings. The first-order valence-electron chi connectivity index (χ1n) is 5.51. The highest BCUT2D eigenvalue weighted by molar-refractivity contribution is 9.10. The van der Waals surface area contributed by atoms with Crippen LogP contribution in [0.5, 0.6) is 5.75 Å². The third-order valence-electron chi connectivity index (χ3n) is 2.53. The Bertz CT molecular complexity index is 664. The van der Waals surface area contributed by atoms with Crippen molar-refractivity contribution in [1.82, 2.24) is 4.98 Å². The number of rotatable bonds is 4. The molecular formula is C13H10BrFN2O3. The van der Waals surface area contributed by atoms with Gasteiger partial charge < -0.3 is 15.2 Å². The number of carbonyl (C=O) groups is 1. The molecule has 1 aromatic heterocycles. The van der Waals surface area contributed by atoms with Crippen LogP contribution in [0.3, 0.4) is 0 Å². The molecular weight excluding hydrogens is 331 g/mol. The molecule has 20 heavy (non-hydrogen) atoms. The van der Waals surface area contributed by atoms with Gasteiger partial charge in [0.1, 0.15) is 11.3 Å². The Morgan fingerprint density at radius 2 is 2.20 bits per heavy atom. The number of carboxylic acid groups (broad SMARTS) is 1. The second kappa shape index (κ2) is 5.87. The van der Waals surface area contributed by atoms with Gasteiger partial charge in [-0.3, -0.25) is 0 Å². The molecule has 0 saturated heterocycles. The van der Waals surface area contributed by atoms with Crippen LogP contribution in [-0.2, 0) is 0 Å². The predicted octanol–water partition coefficient (Wildman–Crippen LogP) is 3.43. The summed E-state index contributed by atoms with van der Waals surface area (Å²) in [5.41, 5.74) is 0.0885. The quantitative estimate of drug-likeness (QED) is 0.892. The molecule has 0 spiro atoms. The standard InChI is InChI=1S/C13H10BrFN2O3/c1-20-10-6-7(2-3-9(10)14)17-12-11(15)8(13(18)19)4-5-16-12/h2-6H,1H3,(H,16,17)(H,18,19). The molecule has 0 saturated carbocycles. The van der Waals surface area contributed by atoms with Crippen molar-refractivity contribution >= 4 is 33.4 Å². The molecule has 0 bridgehead atoms. The first-order chi connectivity index (χ1) is 9.52. The van der Waals surface area contributed by atoms with Gasteiger partial charge in [-0.05, 0) is 34.1 Å². The highest BCUT2D eigenvalue weighted by Gasteiger charge is 2.15. The van der Waals surface area contributed by atoms with Crippen molar-refractivity contribution in [3.8, 4) is 5.75 Å². The molecule has 2 N–H and O–H groups in total. The Morgan fingerprint density at radius 1 is 1.45 bits per heavy atom. The summed E-state index contributed by atoms with van der Waals surface area (Å²) >= 11 is 3.30. The van der Waals surface area contributed by atoms with E-state index < -0.39 is 17.3 Å². The highest BCUT2D eigenvalue weighted by Crippen LogP contribution is 2.29. The average molecular weight is 341 g/mol. The molecule has 1 aromatic carbocycles. The van der Waals surface area contributed by atoms with E-state index in [1.807, 2.05) is 0 Å². The maximum absolute atomic E-state index is 13.9. The number of pyridine rings is 1. The number of nitrogens with zero attached hydrogens (tertiary/aromatic N) is 1. The zero-order valence-electron chi connectivity index (χ0n) is 10.4. The average Bonchev–Trinajstić information content (AvgIpc) is 2.42. The number of anilines is 2. The van der Waals surface area contributed by atoms with Gasteiger partial charge in [-0.25, -0.2) is 14.2 Å². The van der Waals surface area contributed by atoms with Crippen LogP contribution in [0.25, 0.3) is 0 Å². The number of carboxylic acids is 1. The summed E-state index contributed by atoms with van der Waals surface area (Å²) in [5, 5.41) is 11.6.